The Morgan fingerprint density at radius 3 is 2.55 bits per heavy atom. The lowest BCUT2D eigenvalue weighted by molar-refractivity contribution is -0.115. The summed E-state index contributed by atoms with van der Waals surface area (Å²) in [6.45, 7) is 0. The number of thiophene rings is 1. The summed E-state index contributed by atoms with van der Waals surface area (Å²) < 4.78 is 2.85. The average molecular weight is 557 g/mol. The first-order chi connectivity index (χ1) is 16.1. The predicted octanol–water partition coefficient (Wildman–Crippen LogP) is 6.49. The highest BCUT2D eigenvalue weighted by Gasteiger charge is 2.29. The van der Waals surface area contributed by atoms with E-state index in [0.717, 1.165) is 25.6 Å². The SMILES string of the molecule is O=C1CS/C(=N/N=C\c2cn(-c3ccccc3)nc2-c2ccc(Br)s2)N1c1ccc(Cl)cc1. The number of benzene rings is 2. The molecular weight excluding hydrogens is 542 g/mol. The number of carbonyl (C=O) groups is 1. The molecule has 1 fully saturated rings. The van der Waals surface area contributed by atoms with Gasteiger partial charge in [0.1, 0.15) is 5.69 Å². The van der Waals surface area contributed by atoms with E-state index in [1.807, 2.05) is 53.3 Å². The van der Waals surface area contributed by atoms with Crippen LogP contribution in [0.4, 0.5) is 5.69 Å². The van der Waals surface area contributed by atoms with Crippen molar-refractivity contribution in [3.8, 4) is 16.3 Å². The molecular formula is C23H15BrClN5OS2. The minimum atomic E-state index is -0.0442. The molecule has 0 radical (unpaired) electrons. The van der Waals surface area contributed by atoms with Crippen molar-refractivity contribution in [2.24, 2.45) is 10.2 Å². The summed E-state index contributed by atoms with van der Waals surface area (Å²) in [6.07, 6.45) is 3.59. The van der Waals surface area contributed by atoms with Crippen LogP contribution in [0.1, 0.15) is 5.56 Å². The van der Waals surface area contributed by atoms with E-state index in [0.29, 0.717) is 21.6 Å². The summed E-state index contributed by atoms with van der Waals surface area (Å²) in [6, 6.07) is 21.0. The first kappa shape index (κ1) is 22.1. The highest BCUT2D eigenvalue weighted by Crippen LogP contribution is 2.33. The third-order valence-corrected chi connectivity index (χ3v) is 7.56. The van der Waals surface area contributed by atoms with Gasteiger partial charge in [-0.25, -0.2) is 4.68 Å². The molecule has 0 unspecified atom stereocenters. The highest BCUT2D eigenvalue weighted by atomic mass is 79.9. The fourth-order valence-corrected chi connectivity index (χ4v) is 5.59. The van der Waals surface area contributed by atoms with Crippen LogP contribution < -0.4 is 4.90 Å². The molecule has 6 nitrogen and oxygen atoms in total. The number of amides is 1. The van der Waals surface area contributed by atoms with Crippen LogP contribution in [0.3, 0.4) is 0 Å². The van der Waals surface area contributed by atoms with E-state index in [2.05, 4.69) is 26.1 Å². The lowest BCUT2D eigenvalue weighted by Crippen LogP contribution is -2.28. The van der Waals surface area contributed by atoms with Gasteiger partial charge in [0, 0.05) is 16.8 Å². The average Bonchev–Trinajstić information content (AvgIpc) is 3.54. The van der Waals surface area contributed by atoms with Gasteiger partial charge in [0.05, 0.1) is 32.0 Å². The molecule has 3 heterocycles. The number of aromatic nitrogens is 2. The molecule has 0 N–H and O–H groups in total. The summed E-state index contributed by atoms with van der Waals surface area (Å²) >= 11 is 12.5. The molecule has 0 bridgehead atoms. The smallest absolute Gasteiger partial charge is 0.243 e. The van der Waals surface area contributed by atoms with Crippen LogP contribution in [-0.4, -0.2) is 32.8 Å². The Kier molecular flexibility index (Phi) is 6.45. The summed E-state index contributed by atoms with van der Waals surface area (Å²) in [4.78, 5) is 15.0. The predicted molar refractivity (Wildman–Crippen MR) is 141 cm³/mol. The third kappa shape index (κ3) is 4.81. The van der Waals surface area contributed by atoms with Gasteiger partial charge < -0.3 is 0 Å². The Morgan fingerprint density at radius 2 is 1.82 bits per heavy atom. The summed E-state index contributed by atoms with van der Waals surface area (Å²) in [5.41, 5.74) is 3.30. The van der Waals surface area contributed by atoms with Crippen LogP contribution in [0, 0.1) is 0 Å². The Balaban J connectivity index is 1.48. The third-order valence-electron chi connectivity index (χ3n) is 4.76. The van der Waals surface area contributed by atoms with Crippen LogP contribution in [0.5, 0.6) is 0 Å². The van der Waals surface area contributed by atoms with E-state index in [9.17, 15) is 4.79 Å². The van der Waals surface area contributed by atoms with E-state index in [1.165, 1.54) is 11.8 Å². The fraction of sp³-hybridized carbons (Fsp3) is 0.0435. The first-order valence-corrected chi connectivity index (χ1v) is 12.8. The normalized spacial score (nSPS) is 15.3. The van der Waals surface area contributed by atoms with Crippen LogP contribution >= 0.6 is 50.6 Å². The van der Waals surface area contributed by atoms with Crippen molar-refractivity contribution in [2.75, 3.05) is 10.7 Å². The molecule has 0 saturated carbocycles. The Morgan fingerprint density at radius 1 is 1.03 bits per heavy atom. The molecule has 1 aliphatic rings. The zero-order chi connectivity index (χ0) is 22.8. The number of anilines is 1. The van der Waals surface area contributed by atoms with Gasteiger partial charge in [-0.2, -0.15) is 10.2 Å². The number of amidine groups is 1. The molecule has 5 rings (SSSR count). The molecule has 1 saturated heterocycles. The van der Waals surface area contributed by atoms with Crippen molar-refractivity contribution in [2.45, 2.75) is 0 Å². The Bertz CT molecular complexity index is 1370. The number of nitrogens with zero attached hydrogens (tertiary/aromatic N) is 5. The van der Waals surface area contributed by atoms with Crippen LogP contribution in [0.2, 0.25) is 5.02 Å². The molecule has 2 aromatic carbocycles. The molecule has 0 atom stereocenters. The van der Waals surface area contributed by atoms with Crippen molar-refractivity contribution < 1.29 is 4.79 Å². The van der Waals surface area contributed by atoms with Crippen molar-refractivity contribution >= 4 is 73.6 Å². The summed E-state index contributed by atoms with van der Waals surface area (Å²) in [5.74, 6) is 0.273. The van der Waals surface area contributed by atoms with Gasteiger partial charge >= 0.3 is 0 Å². The number of para-hydroxylation sites is 1. The first-order valence-electron chi connectivity index (χ1n) is 9.81. The fourth-order valence-electron chi connectivity index (χ4n) is 3.25. The molecule has 4 aromatic rings. The van der Waals surface area contributed by atoms with Gasteiger partial charge in [-0.3, -0.25) is 9.69 Å². The molecule has 164 valence electrons. The second-order valence-corrected chi connectivity index (χ2v) is 10.8. The number of hydrogen-bond donors (Lipinski definition) is 0. The zero-order valence-electron chi connectivity index (χ0n) is 16.9. The van der Waals surface area contributed by atoms with E-state index in [4.69, 9.17) is 16.7 Å². The summed E-state index contributed by atoms with van der Waals surface area (Å²) in [5, 5.41) is 14.6. The molecule has 10 heteroatoms. The number of rotatable bonds is 5. The van der Waals surface area contributed by atoms with E-state index < -0.39 is 0 Å². The van der Waals surface area contributed by atoms with Gasteiger partial charge in [-0.05, 0) is 64.5 Å². The minimum Gasteiger partial charge on any atom is -0.273 e. The van der Waals surface area contributed by atoms with Crippen LogP contribution in [-0.2, 0) is 4.79 Å². The van der Waals surface area contributed by atoms with Crippen molar-refractivity contribution in [1.82, 2.24) is 9.78 Å². The van der Waals surface area contributed by atoms with Crippen molar-refractivity contribution in [1.29, 1.82) is 0 Å². The minimum absolute atomic E-state index is 0.0442. The van der Waals surface area contributed by atoms with Crippen molar-refractivity contribution in [3.63, 3.8) is 0 Å². The molecule has 2 aromatic heterocycles. The molecule has 1 aliphatic heterocycles. The monoisotopic (exact) mass is 555 g/mol. The zero-order valence-corrected chi connectivity index (χ0v) is 20.9. The maximum atomic E-state index is 12.4. The Hall–Kier alpha value is -2.72. The molecule has 0 spiro atoms. The van der Waals surface area contributed by atoms with Gasteiger partial charge in [-0.1, -0.05) is 41.6 Å². The van der Waals surface area contributed by atoms with E-state index >= 15 is 0 Å². The maximum absolute atomic E-state index is 12.4. The largest absolute Gasteiger partial charge is 0.273 e. The lowest BCUT2D eigenvalue weighted by Gasteiger charge is -2.14. The molecule has 1 amide bonds. The number of thioether (sulfide) groups is 1. The topological polar surface area (TPSA) is 62.9 Å². The highest BCUT2D eigenvalue weighted by molar-refractivity contribution is 9.11. The second-order valence-electron chi connectivity index (χ2n) is 6.94. The second kappa shape index (κ2) is 9.64. The lowest BCUT2D eigenvalue weighted by atomic mass is 10.2. The molecule has 33 heavy (non-hydrogen) atoms. The van der Waals surface area contributed by atoms with Crippen LogP contribution in [0.25, 0.3) is 16.3 Å². The molecule has 0 aliphatic carbocycles. The van der Waals surface area contributed by atoms with Crippen LogP contribution in [0.15, 0.2) is 86.9 Å². The van der Waals surface area contributed by atoms with E-state index in [-0.39, 0.29) is 5.91 Å². The standard InChI is InChI=1S/C23H15BrClN5OS2/c24-20-11-10-19(33-20)22-15(13-29(28-22)17-4-2-1-3-5-17)12-26-27-23-30(21(31)14-32-23)18-8-6-16(25)7-9-18/h1-13H,14H2/b26-12-,27-23+. The van der Waals surface area contributed by atoms with Gasteiger partial charge in [0.15, 0.2) is 5.17 Å². The number of carbonyl (C=O) groups excluding carboxylic acids is 1. The Labute approximate surface area is 211 Å². The maximum Gasteiger partial charge on any atom is 0.243 e. The number of hydrogen-bond acceptors (Lipinski definition) is 6. The summed E-state index contributed by atoms with van der Waals surface area (Å²) in [7, 11) is 0. The van der Waals surface area contributed by atoms with Gasteiger partial charge in [0.25, 0.3) is 0 Å². The number of halogens is 2. The quantitative estimate of drug-likeness (QED) is 0.209. The van der Waals surface area contributed by atoms with Gasteiger partial charge in [0.2, 0.25) is 5.91 Å². The van der Waals surface area contributed by atoms with E-state index in [1.54, 1.807) is 46.7 Å². The van der Waals surface area contributed by atoms with Crippen molar-refractivity contribution in [3.05, 3.63) is 87.3 Å². The van der Waals surface area contributed by atoms with Gasteiger partial charge in [-0.15, -0.1) is 16.4 Å².